The van der Waals surface area contributed by atoms with Crippen molar-refractivity contribution in [1.29, 1.82) is 0 Å². The van der Waals surface area contributed by atoms with Crippen LogP contribution in [0, 0.1) is 20.8 Å². The minimum atomic E-state index is -0.373. The Bertz CT molecular complexity index is 1140. The molecule has 0 saturated heterocycles. The van der Waals surface area contributed by atoms with E-state index in [2.05, 4.69) is 10.5 Å². The summed E-state index contributed by atoms with van der Waals surface area (Å²) < 4.78 is 16.9. The molecular formula is C26H27ClN2O4. The molecule has 0 bridgehead atoms. The number of ether oxygens (including phenoxy) is 3. The van der Waals surface area contributed by atoms with Gasteiger partial charge in [-0.3, -0.25) is 4.79 Å². The van der Waals surface area contributed by atoms with Gasteiger partial charge in [0.1, 0.15) is 12.4 Å². The lowest BCUT2D eigenvalue weighted by atomic mass is 10.1. The molecule has 1 N–H and O–H groups in total. The highest BCUT2D eigenvalue weighted by molar-refractivity contribution is 6.32. The summed E-state index contributed by atoms with van der Waals surface area (Å²) in [5, 5.41) is 4.68. The number of hydrogen-bond donors (Lipinski definition) is 1. The van der Waals surface area contributed by atoms with Crippen LogP contribution in [0.4, 0.5) is 0 Å². The van der Waals surface area contributed by atoms with Gasteiger partial charge in [-0.15, -0.1) is 0 Å². The summed E-state index contributed by atoms with van der Waals surface area (Å²) in [7, 11) is 1.58. The maximum absolute atomic E-state index is 12.0. The van der Waals surface area contributed by atoms with Gasteiger partial charge >= 0.3 is 0 Å². The SMILES string of the molecule is COc1cc(/C=N/NC(=O)COc2cc(C)c(Cl)c(C)c2)ccc1OCc1ccccc1C. The number of hydrazone groups is 1. The van der Waals surface area contributed by atoms with Gasteiger partial charge in [0, 0.05) is 5.02 Å². The van der Waals surface area contributed by atoms with E-state index in [0.29, 0.717) is 28.9 Å². The van der Waals surface area contributed by atoms with Crippen LogP contribution in [-0.4, -0.2) is 25.8 Å². The molecule has 0 aliphatic heterocycles. The summed E-state index contributed by atoms with van der Waals surface area (Å²) in [4.78, 5) is 12.0. The van der Waals surface area contributed by atoms with E-state index < -0.39 is 0 Å². The number of aryl methyl sites for hydroxylation is 3. The van der Waals surface area contributed by atoms with Crippen molar-refractivity contribution in [2.45, 2.75) is 27.4 Å². The minimum absolute atomic E-state index is 0.160. The fourth-order valence-corrected chi connectivity index (χ4v) is 3.27. The lowest BCUT2D eigenvalue weighted by Gasteiger charge is -2.12. The number of nitrogens with one attached hydrogen (secondary N) is 1. The first-order valence-electron chi connectivity index (χ1n) is 10.4. The second-order valence-corrected chi connectivity index (χ2v) is 7.96. The van der Waals surface area contributed by atoms with Crippen LogP contribution in [0.5, 0.6) is 17.2 Å². The predicted octanol–water partition coefficient (Wildman–Crippen LogP) is 5.38. The summed E-state index contributed by atoms with van der Waals surface area (Å²) >= 11 is 6.15. The molecule has 6 nitrogen and oxygen atoms in total. The molecule has 1 amide bonds. The molecule has 3 rings (SSSR count). The Kier molecular flexibility index (Phi) is 8.33. The number of rotatable bonds is 9. The third-order valence-corrected chi connectivity index (χ3v) is 5.61. The van der Waals surface area contributed by atoms with Gasteiger partial charge in [-0.1, -0.05) is 35.9 Å². The number of amides is 1. The zero-order chi connectivity index (χ0) is 23.8. The third kappa shape index (κ3) is 6.73. The monoisotopic (exact) mass is 466 g/mol. The molecule has 0 heterocycles. The molecule has 7 heteroatoms. The topological polar surface area (TPSA) is 69.2 Å². The molecule has 172 valence electrons. The zero-order valence-electron chi connectivity index (χ0n) is 19.1. The van der Waals surface area contributed by atoms with Crippen molar-refractivity contribution in [2.24, 2.45) is 5.10 Å². The van der Waals surface area contributed by atoms with E-state index in [0.717, 1.165) is 22.3 Å². The second-order valence-electron chi connectivity index (χ2n) is 7.58. The fraction of sp³-hybridized carbons (Fsp3) is 0.231. The van der Waals surface area contributed by atoms with Gasteiger partial charge in [0.2, 0.25) is 0 Å². The molecule has 0 unspecified atom stereocenters. The van der Waals surface area contributed by atoms with Crippen molar-refractivity contribution in [1.82, 2.24) is 5.43 Å². The number of nitrogens with zero attached hydrogens (tertiary/aromatic N) is 1. The second kappa shape index (κ2) is 11.4. The number of carbonyl (C=O) groups is 1. The van der Waals surface area contributed by atoms with Crippen LogP contribution < -0.4 is 19.6 Å². The highest BCUT2D eigenvalue weighted by Gasteiger charge is 2.08. The van der Waals surface area contributed by atoms with Gasteiger partial charge in [-0.05, 0) is 78.9 Å². The third-order valence-electron chi connectivity index (χ3n) is 5.01. The molecular weight excluding hydrogens is 440 g/mol. The van der Waals surface area contributed by atoms with Crippen molar-refractivity contribution in [3.8, 4) is 17.2 Å². The summed E-state index contributed by atoms with van der Waals surface area (Å²) in [6.07, 6.45) is 1.53. The van der Waals surface area contributed by atoms with E-state index in [1.807, 2.05) is 57.2 Å². The molecule has 3 aromatic carbocycles. The average Bonchev–Trinajstić information content (AvgIpc) is 2.81. The summed E-state index contributed by atoms with van der Waals surface area (Å²) in [5.41, 5.74) is 7.27. The Morgan fingerprint density at radius 3 is 2.39 bits per heavy atom. The Hall–Kier alpha value is -3.51. The van der Waals surface area contributed by atoms with E-state index in [1.165, 1.54) is 11.8 Å². The molecule has 0 aromatic heterocycles. The van der Waals surface area contributed by atoms with Crippen molar-refractivity contribution in [3.05, 3.63) is 87.4 Å². The van der Waals surface area contributed by atoms with E-state index >= 15 is 0 Å². The number of hydrogen-bond acceptors (Lipinski definition) is 5. The molecule has 33 heavy (non-hydrogen) atoms. The maximum atomic E-state index is 12.0. The average molecular weight is 467 g/mol. The Labute approximate surface area is 199 Å². The summed E-state index contributed by atoms with van der Waals surface area (Å²) in [6, 6.07) is 17.1. The Morgan fingerprint density at radius 1 is 0.970 bits per heavy atom. The highest BCUT2D eigenvalue weighted by Crippen LogP contribution is 2.29. The quantitative estimate of drug-likeness (QED) is 0.339. The largest absolute Gasteiger partial charge is 0.493 e. The normalized spacial score (nSPS) is 10.8. The van der Waals surface area contributed by atoms with Crippen molar-refractivity contribution in [3.63, 3.8) is 0 Å². The summed E-state index contributed by atoms with van der Waals surface area (Å²) in [6.45, 7) is 6.11. The first kappa shape index (κ1) is 24.1. The van der Waals surface area contributed by atoms with Crippen molar-refractivity contribution in [2.75, 3.05) is 13.7 Å². The lowest BCUT2D eigenvalue weighted by molar-refractivity contribution is -0.123. The van der Waals surface area contributed by atoms with E-state index in [1.54, 1.807) is 25.3 Å². The molecule has 0 fully saturated rings. The standard InChI is InChI=1S/C26H27ClN2O4/c1-17-7-5-6-8-21(17)15-33-23-10-9-20(13-24(23)31-4)14-28-29-25(30)16-32-22-11-18(2)26(27)19(3)12-22/h5-14H,15-16H2,1-4H3,(H,29,30)/b28-14+. The first-order chi connectivity index (χ1) is 15.9. The van der Waals surface area contributed by atoms with Crippen LogP contribution in [0.15, 0.2) is 59.7 Å². The van der Waals surface area contributed by atoms with Crippen LogP contribution in [0.1, 0.15) is 27.8 Å². The molecule has 0 aliphatic rings. The predicted molar refractivity (Wildman–Crippen MR) is 131 cm³/mol. The van der Waals surface area contributed by atoms with Crippen LogP contribution >= 0.6 is 11.6 Å². The zero-order valence-corrected chi connectivity index (χ0v) is 19.9. The molecule has 0 aliphatic carbocycles. The van der Waals surface area contributed by atoms with Gasteiger partial charge < -0.3 is 14.2 Å². The number of carbonyl (C=O) groups excluding carboxylic acids is 1. The fourth-order valence-electron chi connectivity index (χ4n) is 3.16. The molecule has 0 spiro atoms. The van der Waals surface area contributed by atoms with Gasteiger partial charge in [0.15, 0.2) is 18.1 Å². The van der Waals surface area contributed by atoms with Crippen LogP contribution in [0.2, 0.25) is 5.02 Å². The van der Waals surface area contributed by atoms with Crippen LogP contribution in [-0.2, 0) is 11.4 Å². The van der Waals surface area contributed by atoms with E-state index in [4.69, 9.17) is 25.8 Å². The first-order valence-corrected chi connectivity index (χ1v) is 10.8. The van der Waals surface area contributed by atoms with Gasteiger partial charge in [-0.2, -0.15) is 5.10 Å². The number of methoxy groups -OCH3 is 1. The molecule has 0 radical (unpaired) electrons. The van der Waals surface area contributed by atoms with Gasteiger partial charge in [0.25, 0.3) is 5.91 Å². The molecule has 0 saturated carbocycles. The van der Waals surface area contributed by atoms with Crippen molar-refractivity contribution >= 4 is 23.7 Å². The Balaban J connectivity index is 1.54. The lowest BCUT2D eigenvalue weighted by Crippen LogP contribution is -2.24. The van der Waals surface area contributed by atoms with Crippen LogP contribution in [0.3, 0.4) is 0 Å². The maximum Gasteiger partial charge on any atom is 0.277 e. The van der Waals surface area contributed by atoms with E-state index in [9.17, 15) is 4.79 Å². The molecule has 0 atom stereocenters. The smallest absolute Gasteiger partial charge is 0.277 e. The van der Waals surface area contributed by atoms with Gasteiger partial charge in [-0.25, -0.2) is 5.43 Å². The van der Waals surface area contributed by atoms with Crippen LogP contribution in [0.25, 0.3) is 0 Å². The highest BCUT2D eigenvalue weighted by atomic mass is 35.5. The Morgan fingerprint density at radius 2 is 1.70 bits per heavy atom. The number of halogens is 1. The van der Waals surface area contributed by atoms with E-state index in [-0.39, 0.29) is 12.5 Å². The minimum Gasteiger partial charge on any atom is -0.493 e. The molecule has 3 aromatic rings. The van der Waals surface area contributed by atoms with Gasteiger partial charge in [0.05, 0.1) is 13.3 Å². The number of benzene rings is 3. The van der Waals surface area contributed by atoms with Crippen molar-refractivity contribution < 1.29 is 19.0 Å². The summed E-state index contributed by atoms with van der Waals surface area (Å²) in [5.74, 6) is 1.42.